The van der Waals surface area contributed by atoms with Gasteiger partial charge in [0.2, 0.25) is 0 Å². The molecule has 1 aromatic carbocycles. The third-order valence-electron chi connectivity index (χ3n) is 4.19. The van der Waals surface area contributed by atoms with Gasteiger partial charge in [-0.05, 0) is 45.4 Å². The number of carbonyl (C=O) groups is 1. The van der Waals surface area contributed by atoms with E-state index in [0.29, 0.717) is 6.42 Å². The smallest absolute Gasteiger partial charge is 0.659 e. The molecule has 0 radical (unpaired) electrons. The Hall–Kier alpha value is -0.694. The number of carbonyl (C=O) groups excluding carboxylic acids is 1. The summed E-state index contributed by atoms with van der Waals surface area (Å²) in [5, 5.41) is 8.31. The molecule has 2 aliphatic rings. The normalized spacial score (nSPS) is 15.1. The Morgan fingerprint density at radius 1 is 1.10 bits per heavy atom. The fraction of sp³-hybridized carbons (Fsp3) is 0.400. The first-order valence-corrected chi connectivity index (χ1v) is 9.90. The van der Waals surface area contributed by atoms with Gasteiger partial charge in [0.1, 0.15) is 0 Å². The molecule has 2 heterocycles. The van der Waals surface area contributed by atoms with Crippen LogP contribution in [0.3, 0.4) is 0 Å². The molecule has 1 fully saturated rings. The molecule has 164 valence electrons. The summed E-state index contributed by atoms with van der Waals surface area (Å²) in [6.07, 6.45) is 10.5. The van der Waals surface area contributed by atoms with Gasteiger partial charge in [0, 0.05) is 5.70 Å². The second-order valence-electron chi connectivity index (χ2n) is 5.95. The SMILES string of the molecule is C=C/C=C\C(=C/C)N1CC[N-]CC1.CC.O=C1CCCc2ccccc2[N-]1.[CH3-].[CH3-].[K+]. The van der Waals surface area contributed by atoms with E-state index in [0.717, 1.165) is 44.7 Å². The fourth-order valence-corrected chi connectivity index (χ4v) is 2.87. The first kappa shape index (κ1) is 33.9. The molecular weight excluding hydrogens is 397 g/mol. The third-order valence-corrected chi connectivity index (χ3v) is 4.19. The first-order valence-electron chi connectivity index (χ1n) is 9.90. The summed E-state index contributed by atoms with van der Waals surface area (Å²) >= 11 is 0. The summed E-state index contributed by atoms with van der Waals surface area (Å²) in [7, 11) is 0. The summed E-state index contributed by atoms with van der Waals surface area (Å²) < 4.78 is 0. The number of aryl methyl sites for hydroxylation is 1. The number of nitrogens with zero attached hydrogens (tertiary/aromatic N) is 3. The largest absolute Gasteiger partial charge is 1.00 e. The van der Waals surface area contributed by atoms with E-state index in [1.165, 1.54) is 11.3 Å². The van der Waals surface area contributed by atoms with Gasteiger partial charge in [-0.3, -0.25) is 0 Å². The molecular formula is C25H39KN3O-3. The molecule has 0 bridgehead atoms. The van der Waals surface area contributed by atoms with Crippen LogP contribution in [-0.4, -0.2) is 37.0 Å². The molecule has 1 saturated heterocycles. The number of amides is 1. The average Bonchev–Trinajstić information content (AvgIpc) is 2.92. The summed E-state index contributed by atoms with van der Waals surface area (Å²) in [6, 6.07) is 7.85. The summed E-state index contributed by atoms with van der Waals surface area (Å²) in [5.74, 6) is 0.0138. The van der Waals surface area contributed by atoms with E-state index >= 15 is 0 Å². The molecule has 3 rings (SSSR count). The van der Waals surface area contributed by atoms with Crippen molar-refractivity contribution in [2.24, 2.45) is 0 Å². The van der Waals surface area contributed by atoms with Crippen LogP contribution in [0.15, 0.2) is 60.8 Å². The number of piperazine rings is 1. The molecule has 1 aromatic rings. The van der Waals surface area contributed by atoms with Crippen molar-refractivity contribution >= 4 is 11.6 Å². The zero-order valence-electron chi connectivity index (χ0n) is 20.0. The molecule has 0 unspecified atom stereocenters. The van der Waals surface area contributed by atoms with Crippen LogP contribution in [0.1, 0.15) is 39.2 Å². The van der Waals surface area contributed by atoms with Crippen molar-refractivity contribution in [1.82, 2.24) is 4.90 Å². The minimum atomic E-state index is 0. The Balaban J connectivity index is -0.000000411. The molecule has 0 aromatic heterocycles. The second-order valence-corrected chi connectivity index (χ2v) is 5.95. The van der Waals surface area contributed by atoms with E-state index < -0.39 is 0 Å². The maximum absolute atomic E-state index is 11.1. The van der Waals surface area contributed by atoms with Gasteiger partial charge in [-0.2, -0.15) is 0 Å². The zero-order valence-corrected chi connectivity index (χ0v) is 23.1. The molecule has 30 heavy (non-hydrogen) atoms. The van der Waals surface area contributed by atoms with Gasteiger partial charge < -0.3 is 35.2 Å². The molecule has 4 nitrogen and oxygen atoms in total. The summed E-state index contributed by atoms with van der Waals surface area (Å²) in [6.45, 7) is 13.7. The molecule has 2 aliphatic heterocycles. The van der Waals surface area contributed by atoms with Crippen LogP contribution in [-0.2, 0) is 11.2 Å². The fourth-order valence-electron chi connectivity index (χ4n) is 2.87. The first-order chi connectivity index (χ1) is 13.2. The van der Waals surface area contributed by atoms with Crippen molar-refractivity contribution in [1.29, 1.82) is 0 Å². The standard InChI is InChI=1S/C11H17N2.C10H11NO.C2H6.2CH3.K/c1-3-5-6-11(4-2)13-9-7-12-8-10-13;12-10-7-3-5-8-4-1-2-6-9(8)11-10;1-2;;;/h3-6H,1,7-10H2,2H3;1-2,4,6H,3,5,7H2,(H,11,12);1-2H3;2*1H3;/q-1;;;2*-1;+1/p-1/b6-5-,11-4+;;;;;. The Kier molecular flexibility index (Phi) is 24.4. The third kappa shape index (κ3) is 12.9. The number of para-hydroxylation sites is 1. The average molecular weight is 437 g/mol. The second kappa shape index (κ2) is 21.5. The van der Waals surface area contributed by atoms with E-state index in [1.807, 2.05) is 44.2 Å². The quantitative estimate of drug-likeness (QED) is 0.411. The summed E-state index contributed by atoms with van der Waals surface area (Å²) in [4.78, 5) is 13.4. The molecule has 0 atom stereocenters. The van der Waals surface area contributed by atoms with E-state index in [-0.39, 0.29) is 72.1 Å². The van der Waals surface area contributed by atoms with E-state index in [9.17, 15) is 4.79 Å². The molecule has 0 saturated carbocycles. The maximum atomic E-state index is 11.1. The van der Waals surface area contributed by atoms with Gasteiger partial charge in [-0.15, -0.1) is 18.8 Å². The predicted octanol–water partition coefficient (Wildman–Crippen LogP) is 3.81. The van der Waals surface area contributed by atoms with Crippen molar-refractivity contribution in [3.8, 4) is 0 Å². The number of rotatable bonds is 3. The van der Waals surface area contributed by atoms with Crippen molar-refractivity contribution in [2.75, 3.05) is 26.2 Å². The summed E-state index contributed by atoms with van der Waals surface area (Å²) in [5.41, 5.74) is 3.33. The van der Waals surface area contributed by atoms with Crippen LogP contribution >= 0.6 is 0 Å². The van der Waals surface area contributed by atoms with Gasteiger partial charge in [0.05, 0.1) is 5.91 Å². The minimum absolute atomic E-state index is 0. The number of fused-ring (bicyclic) bond motifs is 1. The van der Waals surface area contributed by atoms with Crippen LogP contribution in [0.4, 0.5) is 5.69 Å². The van der Waals surface area contributed by atoms with Gasteiger partial charge in [0.15, 0.2) is 0 Å². The Morgan fingerprint density at radius 2 is 1.73 bits per heavy atom. The van der Waals surface area contributed by atoms with Crippen molar-refractivity contribution in [3.63, 3.8) is 0 Å². The van der Waals surface area contributed by atoms with Gasteiger partial charge >= 0.3 is 51.4 Å². The minimum Gasteiger partial charge on any atom is -0.659 e. The number of allylic oxidation sites excluding steroid dienone is 4. The maximum Gasteiger partial charge on any atom is 1.00 e. The van der Waals surface area contributed by atoms with Gasteiger partial charge in [0.25, 0.3) is 0 Å². The molecule has 5 heteroatoms. The van der Waals surface area contributed by atoms with Crippen molar-refractivity contribution in [3.05, 3.63) is 91.9 Å². The van der Waals surface area contributed by atoms with Crippen LogP contribution in [0.25, 0.3) is 10.6 Å². The predicted molar refractivity (Wildman–Crippen MR) is 129 cm³/mol. The van der Waals surface area contributed by atoms with Crippen LogP contribution < -0.4 is 51.4 Å². The van der Waals surface area contributed by atoms with E-state index in [4.69, 9.17) is 0 Å². The molecule has 0 aliphatic carbocycles. The van der Waals surface area contributed by atoms with Crippen molar-refractivity contribution < 1.29 is 56.2 Å². The molecule has 0 N–H and O–H groups in total. The van der Waals surface area contributed by atoms with E-state index in [2.05, 4.69) is 41.2 Å². The Morgan fingerprint density at radius 3 is 2.33 bits per heavy atom. The molecule has 1 amide bonds. The topological polar surface area (TPSA) is 48.5 Å². The zero-order chi connectivity index (χ0) is 19.9. The van der Waals surface area contributed by atoms with Crippen molar-refractivity contribution in [2.45, 2.75) is 40.0 Å². The van der Waals surface area contributed by atoms with Crippen LogP contribution in [0.5, 0.6) is 0 Å². The van der Waals surface area contributed by atoms with Crippen LogP contribution in [0, 0.1) is 14.9 Å². The van der Waals surface area contributed by atoms with Gasteiger partial charge in [-0.1, -0.05) is 68.5 Å². The van der Waals surface area contributed by atoms with Crippen LogP contribution in [0.2, 0.25) is 0 Å². The Bertz CT molecular complexity index is 635. The van der Waals surface area contributed by atoms with E-state index in [1.54, 1.807) is 6.08 Å². The number of hydrogen-bond acceptors (Lipinski definition) is 2. The monoisotopic (exact) mass is 436 g/mol. The Labute approximate surface area is 228 Å². The number of hydrogen-bond donors (Lipinski definition) is 0. The van der Waals surface area contributed by atoms with Gasteiger partial charge in [-0.25, -0.2) is 0 Å². The molecule has 0 spiro atoms. The number of benzene rings is 1.